The van der Waals surface area contributed by atoms with E-state index in [-0.39, 0.29) is 23.5 Å². The van der Waals surface area contributed by atoms with Gasteiger partial charge in [-0.05, 0) is 26.0 Å². The minimum Gasteiger partial charge on any atom is -0.378 e. The highest BCUT2D eigenvalue weighted by Gasteiger charge is 2.26. The fourth-order valence-corrected chi connectivity index (χ4v) is 1.39. The maximum absolute atomic E-state index is 11.2. The van der Waals surface area contributed by atoms with Crippen molar-refractivity contribution in [1.29, 1.82) is 0 Å². The Hall–Kier alpha value is -2.64. The van der Waals surface area contributed by atoms with Crippen LogP contribution in [0.3, 0.4) is 0 Å². The molecule has 20 heavy (non-hydrogen) atoms. The molecule has 1 rings (SSSR count). The van der Waals surface area contributed by atoms with Gasteiger partial charge in [-0.2, -0.15) is 0 Å². The Kier molecular flexibility index (Phi) is 4.28. The highest BCUT2D eigenvalue weighted by molar-refractivity contribution is 5.94. The number of hydrogen-bond donors (Lipinski definition) is 3. The zero-order valence-electron chi connectivity index (χ0n) is 11.2. The minimum atomic E-state index is -0.892. The second-order valence-electron chi connectivity index (χ2n) is 4.95. The fourth-order valence-electron chi connectivity index (χ4n) is 1.39. The molecule has 0 aliphatic heterocycles. The van der Waals surface area contributed by atoms with Gasteiger partial charge in [0.2, 0.25) is 11.8 Å². The predicted octanol–water partition coefficient (Wildman–Crippen LogP) is 0.617. The molecule has 0 saturated heterocycles. The molecule has 0 bridgehead atoms. The van der Waals surface area contributed by atoms with Crippen LogP contribution >= 0.6 is 0 Å². The van der Waals surface area contributed by atoms with Crippen molar-refractivity contribution in [2.75, 3.05) is 11.9 Å². The van der Waals surface area contributed by atoms with E-state index in [0.717, 1.165) is 0 Å². The van der Waals surface area contributed by atoms with Crippen molar-refractivity contribution in [3.8, 4) is 0 Å². The molecule has 0 fully saturated rings. The summed E-state index contributed by atoms with van der Waals surface area (Å²) in [4.78, 5) is 32.6. The number of nitro groups is 1. The summed E-state index contributed by atoms with van der Waals surface area (Å²) in [7, 11) is 0. The maximum Gasteiger partial charge on any atom is 0.292 e. The number of nitrogens with one attached hydrogen (secondary N) is 1. The summed E-state index contributed by atoms with van der Waals surface area (Å²) >= 11 is 0. The summed E-state index contributed by atoms with van der Waals surface area (Å²) in [6.45, 7) is 3.30. The van der Waals surface area contributed by atoms with Crippen molar-refractivity contribution >= 4 is 23.2 Å². The monoisotopic (exact) mass is 280 g/mol. The Labute approximate surface area is 115 Å². The molecule has 0 radical (unpaired) electrons. The van der Waals surface area contributed by atoms with Crippen LogP contribution in [0.5, 0.6) is 0 Å². The average Bonchev–Trinajstić information content (AvgIpc) is 2.35. The summed E-state index contributed by atoms with van der Waals surface area (Å²) in [6.07, 6.45) is 0. The number of amides is 2. The van der Waals surface area contributed by atoms with Crippen LogP contribution in [-0.4, -0.2) is 23.3 Å². The lowest BCUT2D eigenvalue weighted by Crippen LogP contribution is -2.37. The van der Waals surface area contributed by atoms with Crippen LogP contribution in [0.4, 0.5) is 11.4 Å². The van der Waals surface area contributed by atoms with Crippen molar-refractivity contribution in [1.82, 2.24) is 0 Å². The van der Waals surface area contributed by atoms with E-state index in [0.29, 0.717) is 0 Å². The van der Waals surface area contributed by atoms with E-state index in [9.17, 15) is 19.7 Å². The maximum atomic E-state index is 11.2. The van der Waals surface area contributed by atoms with Crippen molar-refractivity contribution in [3.05, 3.63) is 33.9 Å². The van der Waals surface area contributed by atoms with E-state index in [1.54, 1.807) is 13.8 Å². The first-order chi connectivity index (χ1) is 9.15. The topological polar surface area (TPSA) is 141 Å². The number of anilines is 1. The molecule has 0 spiro atoms. The minimum absolute atomic E-state index is 0.0887. The number of hydrogen-bond acceptors (Lipinski definition) is 5. The molecular weight excluding hydrogens is 264 g/mol. The Morgan fingerprint density at radius 1 is 1.35 bits per heavy atom. The van der Waals surface area contributed by atoms with Crippen molar-refractivity contribution in [2.45, 2.75) is 13.8 Å². The summed E-state index contributed by atoms with van der Waals surface area (Å²) in [5.41, 5.74) is 9.49. The Morgan fingerprint density at radius 3 is 2.40 bits per heavy atom. The highest BCUT2D eigenvalue weighted by Crippen LogP contribution is 2.27. The van der Waals surface area contributed by atoms with E-state index >= 15 is 0 Å². The number of rotatable bonds is 6. The fraction of sp³-hybridized carbons (Fsp3) is 0.333. The van der Waals surface area contributed by atoms with Gasteiger partial charge in [-0.3, -0.25) is 19.7 Å². The normalized spacial score (nSPS) is 10.9. The molecule has 2 amide bonds. The van der Waals surface area contributed by atoms with E-state index in [2.05, 4.69) is 5.32 Å². The molecule has 0 unspecified atom stereocenters. The quantitative estimate of drug-likeness (QED) is 0.517. The number of nitrogens with zero attached hydrogens (tertiary/aromatic N) is 1. The number of carbonyl (C=O) groups excluding carboxylic acids is 2. The lowest BCUT2D eigenvalue weighted by Gasteiger charge is -2.21. The molecule has 8 heteroatoms. The number of nitrogens with two attached hydrogens (primary N) is 2. The summed E-state index contributed by atoms with van der Waals surface area (Å²) < 4.78 is 0. The van der Waals surface area contributed by atoms with Crippen molar-refractivity contribution < 1.29 is 14.5 Å². The Bertz CT molecular complexity index is 569. The number of benzene rings is 1. The van der Waals surface area contributed by atoms with Gasteiger partial charge in [0.15, 0.2) is 0 Å². The molecular formula is C12H16N4O4. The van der Waals surface area contributed by atoms with Gasteiger partial charge < -0.3 is 16.8 Å². The Morgan fingerprint density at radius 2 is 1.95 bits per heavy atom. The third-order valence-corrected chi connectivity index (χ3v) is 2.87. The summed E-state index contributed by atoms with van der Waals surface area (Å²) in [5, 5.41) is 13.7. The van der Waals surface area contributed by atoms with Gasteiger partial charge in [0.1, 0.15) is 5.69 Å². The largest absolute Gasteiger partial charge is 0.378 e. The molecule has 0 aromatic heterocycles. The van der Waals surface area contributed by atoms with Gasteiger partial charge >= 0.3 is 0 Å². The van der Waals surface area contributed by atoms with Crippen LogP contribution in [0.15, 0.2) is 18.2 Å². The van der Waals surface area contributed by atoms with Gasteiger partial charge in [-0.1, -0.05) is 0 Å². The van der Waals surface area contributed by atoms with E-state index in [1.807, 2.05) is 0 Å². The molecule has 0 heterocycles. The molecule has 0 aliphatic carbocycles. The first-order valence-corrected chi connectivity index (χ1v) is 5.77. The molecule has 1 aromatic carbocycles. The molecule has 0 atom stereocenters. The lowest BCUT2D eigenvalue weighted by molar-refractivity contribution is -0.384. The van der Waals surface area contributed by atoms with E-state index < -0.39 is 22.2 Å². The number of primary amides is 2. The van der Waals surface area contributed by atoms with Gasteiger partial charge in [-0.15, -0.1) is 0 Å². The van der Waals surface area contributed by atoms with Crippen molar-refractivity contribution in [2.24, 2.45) is 16.9 Å². The standard InChI is InChI=1S/C12H16N4O4/c1-12(2,11(14)18)6-15-8-5-7(10(13)17)3-4-9(8)16(19)20/h3-5,15H,6H2,1-2H3,(H2,13,17)(H2,14,18). The highest BCUT2D eigenvalue weighted by atomic mass is 16.6. The third kappa shape index (κ3) is 3.44. The lowest BCUT2D eigenvalue weighted by atomic mass is 9.92. The first kappa shape index (κ1) is 15.4. The third-order valence-electron chi connectivity index (χ3n) is 2.87. The molecule has 0 aliphatic rings. The van der Waals surface area contributed by atoms with Gasteiger partial charge in [0.25, 0.3) is 5.69 Å². The molecule has 5 N–H and O–H groups in total. The van der Waals surface area contributed by atoms with Crippen molar-refractivity contribution in [3.63, 3.8) is 0 Å². The zero-order chi connectivity index (χ0) is 15.5. The SMILES string of the molecule is CC(C)(CNc1cc(C(N)=O)ccc1[N+](=O)[O-])C(N)=O. The van der Waals surface area contributed by atoms with Crippen LogP contribution in [0.25, 0.3) is 0 Å². The second kappa shape index (κ2) is 5.55. The van der Waals surface area contributed by atoms with Crippen LogP contribution in [-0.2, 0) is 4.79 Å². The first-order valence-electron chi connectivity index (χ1n) is 5.77. The van der Waals surface area contributed by atoms with Crippen LogP contribution in [0.1, 0.15) is 24.2 Å². The molecule has 1 aromatic rings. The van der Waals surface area contributed by atoms with Crippen LogP contribution < -0.4 is 16.8 Å². The smallest absolute Gasteiger partial charge is 0.292 e. The van der Waals surface area contributed by atoms with Crippen LogP contribution in [0, 0.1) is 15.5 Å². The van der Waals surface area contributed by atoms with E-state index in [1.165, 1.54) is 18.2 Å². The second-order valence-corrected chi connectivity index (χ2v) is 4.95. The van der Waals surface area contributed by atoms with Crippen LogP contribution in [0.2, 0.25) is 0 Å². The van der Waals surface area contributed by atoms with Gasteiger partial charge in [0, 0.05) is 18.2 Å². The van der Waals surface area contributed by atoms with Gasteiger partial charge in [0.05, 0.1) is 10.3 Å². The van der Waals surface area contributed by atoms with E-state index in [4.69, 9.17) is 11.5 Å². The molecule has 8 nitrogen and oxygen atoms in total. The predicted molar refractivity (Wildman–Crippen MR) is 73.1 cm³/mol. The number of carbonyl (C=O) groups is 2. The molecule has 108 valence electrons. The van der Waals surface area contributed by atoms with Gasteiger partial charge in [-0.25, -0.2) is 0 Å². The average molecular weight is 280 g/mol. The molecule has 0 saturated carbocycles. The summed E-state index contributed by atoms with van der Waals surface area (Å²) in [5.74, 6) is -1.24. The zero-order valence-corrected chi connectivity index (χ0v) is 11.2. The summed E-state index contributed by atoms with van der Waals surface area (Å²) in [6, 6.07) is 3.72. The number of nitro benzene ring substituents is 1. The Balaban J connectivity index is 3.08.